The number of ketones is 1. The number of rotatable bonds is 21. The molecular weight excluding hydrogens is 600 g/mol. The molecule has 0 radical (unpaired) electrons. The fourth-order valence-corrected chi connectivity index (χ4v) is 5.92. The lowest BCUT2D eigenvalue weighted by atomic mass is 9.78. The Morgan fingerprint density at radius 1 is 1.00 bits per heavy atom. The highest BCUT2D eigenvalue weighted by molar-refractivity contribution is 5.84. The van der Waals surface area contributed by atoms with E-state index in [0.29, 0.717) is 56.5 Å². The van der Waals surface area contributed by atoms with Gasteiger partial charge < -0.3 is 29.4 Å². The van der Waals surface area contributed by atoms with E-state index in [9.17, 15) is 14.4 Å². The van der Waals surface area contributed by atoms with Crippen LogP contribution in [0.3, 0.4) is 0 Å². The first-order chi connectivity index (χ1) is 22.1. The van der Waals surface area contributed by atoms with E-state index >= 15 is 0 Å². The predicted molar refractivity (Wildman–Crippen MR) is 183 cm³/mol. The number of hydrogen-bond donors (Lipinski definition) is 1. The molecule has 10 heteroatoms. The van der Waals surface area contributed by atoms with Crippen LogP contribution in [0.2, 0.25) is 0 Å². The third-order valence-corrected chi connectivity index (χ3v) is 9.36. The number of nitrogens with two attached hydrogens (primary N) is 1. The number of hydrogen-bond acceptors (Lipinski definition) is 8. The van der Waals surface area contributed by atoms with Crippen LogP contribution in [0.5, 0.6) is 11.5 Å². The Morgan fingerprint density at radius 2 is 1.70 bits per heavy atom. The summed E-state index contributed by atoms with van der Waals surface area (Å²) in [6, 6.07) is 5.78. The molecule has 2 amide bonds. The fraction of sp³-hybridized carbons (Fsp3) is 0.757. The standard InChI is InChI=1S/C37H62N2O8/c1-24(2)22-46-36(42)39-23-47-33(21-29(26(5)6)31(40)14-15-37(7,8)35(38)41)30(39)20-28(25(3)4)18-27-12-13-32(44-10)34(19-27)45-17-11-16-43-9/h12-13,19,24-26,28-30,33H,11,14-18,20-23H2,1-10H3,(H2,38,41)/t28-,29-,30-,33-/m0/s1. The largest absolute Gasteiger partial charge is 0.493 e. The van der Waals surface area contributed by atoms with Crippen molar-refractivity contribution in [1.82, 2.24) is 4.90 Å². The van der Waals surface area contributed by atoms with E-state index in [1.54, 1.807) is 33.0 Å². The third-order valence-electron chi connectivity index (χ3n) is 9.36. The Hall–Kier alpha value is -2.85. The maximum atomic E-state index is 13.6. The van der Waals surface area contributed by atoms with Gasteiger partial charge in [-0.3, -0.25) is 14.5 Å². The Kier molecular flexibility index (Phi) is 16.5. The number of primary amides is 1. The van der Waals surface area contributed by atoms with Crippen LogP contribution in [0, 0.1) is 35.0 Å². The summed E-state index contributed by atoms with van der Waals surface area (Å²) in [5, 5.41) is 0. The molecule has 4 atom stereocenters. The average molecular weight is 663 g/mol. The monoisotopic (exact) mass is 662 g/mol. The Balaban J connectivity index is 2.33. The van der Waals surface area contributed by atoms with Gasteiger partial charge in [-0.2, -0.15) is 0 Å². The van der Waals surface area contributed by atoms with Crippen LogP contribution in [0.25, 0.3) is 0 Å². The number of benzene rings is 1. The highest BCUT2D eigenvalue weighted by Gasteiger charge is 2.43. The minimum absolute atomic E-state index is 0.0629. The van der Waals surface area contributed by atoms with Crippen molar-refractivity contribution in [3.05, 3.63) is 23.8 Å². The predicted octanol–water partition coefficient (Wildman–Crippen LogP) is 6.66. The second kappa shape index (κ2) is 19.2. The lowest BCUT2D eigenvalue weighted by molar-refractivity contribution is -0.129. The van der Waals surface area contributed by atoms with Crippen LogP contribution >= 0.6 is 0 Å². The normalized spacial score (nSPS) is 18.1. The van der Waals surface area contributed by atoms with Gasteiger partial charge in [-0.25, -0.2) is 4.79 Å². The van der Waals surface area contributed by atoms with Gasteiger partial charge in [0.05, 0.1) is 32.5 Å². The van der Waals surface area contributed by atoms with Crippen LogP contribution in [0.1, 0.15) is 93.1 Å². The van der Waals surface area contributed by atoms with Crippen molar-refractivity contribution in [2.75, 3.05) is 40.8 Å². The molecule has 1 saturated heterocycles. The van der Waals surface area contributed by atoms with Crippen LogP contribution in [0.15, 0.2) is 18.2 Å². The van der Waals surface area contributed by atoms with Gasteiger partial charge in [-0.1, -0.05) is 61.5 Å². The van der Waals surface area contributed by atoms with Crippen LogP contribution in [0.4, 0.5) is 4.79 Å². The maximum Gasteiger partial charge on any atom is 0.411 e. The molecule has 1 aromatic carbocycles. The zero-order valence-electron chi connectivity index (χ0n) is 30.6. The Labute approximate surface area is 283 Å². The van der Waals surface area contributed by atoms with Crippen molar-refractivity contribution >= 4 is 17.8 Å². The molecule has 1 aliphatic rings. The zero-order chi connectivity index (χ0) is 35.3. The molecule has 0 unspecified atom stereocenters. The van der Waals surface area contributed by atoms with Gasteiger partial charge >= 0.3 is 6.09 Å². The average Bonchev–Trinajstić information content (AvgIpc) is 3.41. The topological polar surface area (TPSA) is 127 Å². The van der Waals surface area contributed by atoms with Crippen LogP contribution in [-0.4, -0.2) is 75.6 Å². The molecule has 1 heterocycles. The lowest BCUT2D eigenvalue weighted by Gasteiger charge is -2.33. The van der Waals surface area contributed by atoms with Gasteiger partial charge in [-0.05, 0) is 67.1 Å². The number of carbonyl (C=O) groups excluding carboxylic acids is 3. The summed E-state index contributed by atoms with van der Waals surface area (Å²) in [6.45, 7) is 17.6. The van der Waals surface area contributed by atoms with E-state index in [4.69, 9.17) is 29.4 Å². The summed E-state index contributed by atoms with van der Waals surface area (Å²) in [4.78, 5) is 40.5. The number of Topliss-reactive ketones (excluding diaryl/α,β-unsaturated/α-hetero) is 1. The van der Waals surface area contributed by atoms with E-state index < -0.39 is 11.3 Å². The molecule has 1 fully saturated rings. The number of amides is 2. The Bertz CT molecular complexity index is 1140. The molecule has 268 valence electrons. The van der Waals surface area contributed by atoms with E-state index in [-0.39, 0.29) is 60.8 Å². The summed E-state index contributed by atoms with van der Waals surface area (Å²) < 4.78 is 28.7. The fourth-order valence-electron chi connectivity index (χ4n) is 5.92. The number of nitrogens with zero attached hydrogens (tertiary/aromatic N) is 1. The van der Waals surface area contributed by atoms with Crippen molar-refractivity contribution in [1.29, 1.82) is 0 Å². The van der Waals surface area contributed by atoms with E-state index in [1.807, 2.05) is 39.8 Å². The minimum atomic E-state index is -0.763. The summed E-state index contributed by atoms with van der Waals surface area (Å²) in [5.74, 6) is 1.54. The molecule has 0 aromatic heterocycles. The molecule has 1 aliphatic heterocycles. The highest BCUT2D eigenvalue weighted by Crippen LogP contribution is 2.36. The van der Waals surface area contributed by atoms with Crippen molar-refractivity contribution in [2.45, 2.75) is 106 Å². The van der Waals surface area contributed by atoms with Gasteiger partial charge in [0.15, 0.2) is 11.5 Å². The molecule has 10 nitrogen and oxygen atoms in total. The first-order valence-electron chi connectivity index (χ1n) is 17.3. The van der Waals surface area contributed by atoms with Gasteiger partial charge in [-0.15, -0.1) is 0 Å². The van der Waals surface area contributed by atoms with E-state index in [0.717, 1.165) is 18.4 Å². The Morgan fingerprint density at radius 3 is 2.28 bits per heavy atom. The molecule has 0 bridgehead atoms. The van der Waals surface area contributed by atoms with Crippen molar-refractivity contribution < 1.29 is 38.1 Å². The summed E-state index contributed by atoms with van der Waals surface area (Å²) in [6.07, 6.45) is 2.64. The van der Waals surface area contributed by atoms with E-state index in [1.165, 1.54) is 0 Å². The summed E-state index contributed by atoms with van der Waals surface area (Å²) >= 11 is 0. The SMILES string of the molecule is COCCCOc1cc(C[C@@H](C[C@H]2[C@H](C[C@H](C(=O)CCC(C)(C)C(N)=O)C(C)C)OCN2C(=O)OCC(C)C)C(C)C)ccc1OC. The molecule has 0 spiro atoms. The molecule has 0 saturated carbocycles. The first kappa shape index (κ1) is 40.3. The van der Waals surface area contributed by atoms with Crippen molar-refractivity contribution in [3.63, 3.8) is 0 Å². The second-order valence-electron chi connectivity index (χ2n) is 14.8. The quantitative estimate of drug-likeness (QED) is 0.145. The molecular formula is C37H62N2O8. The summed E-state index contributed by atoms with van der Waals surface area (Å²) in [5.41, 5.74) is 5.92. The minimum Gasteiger partial charge on any atom is -0.493 e. The van der Waals surface area contributed by atoms with Crippen molar-refractivity contribution in [3.8, 4) is 11.5 Å². The van der Waals surface area contributed by atoms with Gasteiger partial charge in [0, 0.05) is 37.9 Å². The third kappa shape index (κ3) is 12.6. The highest BCUT2D eigenvalue weighted by atomic mass is 16.6. The number of carbonyl (C=O) groups is 3. The van der Waals surface area contributed by atoms with Crippen LogP contribution < -0.4 is 15.2 Å². The molecule has 47 heavy (non-hydrogen) atoms. The second-order valence-corrected chi connectivity index (χ2v) is 14.8. The number of methoxy groups -OCH3 is 2. The van der Waals surface area contributed by atoms with Gasteiger partial charge in [0.2, 0.25) is 5.91 Å². The van der Waals surface area contributed by atoms with Crippen LogP contribution in [-0.2, 0) is 30.2 Å². The number of ether oxygens (including phenoxy) is 5. The maximum absolute atomic E-state index is 13.6. The van der Waals surface area contributed by atoms with Gasteiger partial charge in [0.1, 0.15) is 12.5 Å². The van der Waals surface area contributed by atoms with Crippen molar-refractivity contribution in [2.24, 2.45) is 40.7 Å². The molecule has 2 N–H and O–H groups in total. The molecule has 2 rings (SSSR count). The smallest absolute Gasteiger partial charge is 0.411 e. The summed E-state index contributed by atoms with van der Waals surface area (Å²) in [7, 11) is 3.31. The molecule has 1 aromatic rings. The lowest BCUT2D eigenvalue weighted by Crippen LogP contribution is -2.43. The first-order valence-corrected chi connectivity index (χ1v) is 17.3. The zero-order valence-corrected chi connectivity index (χ0v) is 30.6. The van der Waals surface area contributed by atoms with E-state index in [2.05, 4.69) is 19.9 Å². The van der Waals surface area contributed by atoms with Gasteiger partial charge in [0.25, 0.3) is 0 Å². The molecule has 0 aliphatic carbocycles.